The molecule has 0 radical (unpaired) electrons. The van der Waals surface area contributed by atoms with E-state index in [2.05, 4.69) is 14.9 Å². The largest absolute Gasteiger partial charge is 0.489 e. The number of carbonyl (C=O) groups excluding carboxylic acids is 1. The summed E-state index contributed by atoms with van der Waals surface area (Å²) in [6.45, 7) is 3.52. The number of pyridine rings is 2. The fourth-order valence-corrected chi connectivity index (χ4v) is 7.43. The average molecular weight is 549 g/mol. The summed E-state index contributed by atoms with van der Waals surface area (Å²) in [5.41, 5.74) is 6.09. The van der Waals surface area contributed by atoms with E-state index < -0.39 is 21.2 Å². The molecule has 0 spiro atoms. The van der Waals surface area contributed by atoms with Gasteiger partial charge in [-0.15, -0.1) is 0 Å². The van der Waals surface area contributed by atoms with Gasteiger partial charge in [0.2, 0.25) is 5.91 Å². The van der Waals surface area contributed by atoms with E-state index in [1.54, 1.807) is 42.1 Å². The minimum Gasteiger partial charge on any atom is -0.489 e. The van der Waals surface area contributed by atoms with Crippen LogP contribution in [0.15, 0.2) is 79.1 Å². The summed E-state index contributed by atoms with van der Waals surface area (Å²) in [7, 11) is -3.24. The van der Waals surface area contributed by atoms with Crippen molar-refractivity contribution in [3.05, 3.63) is 102 Å². The van der Waals surface area contributed by atoms with E-state index in [1.807, 2.05) is 49.4 Å². The van der Waals surface area contributed by atoms with E-state index in [0.717, 1.165) is 27.7 Å². The van der Waals surface area contributed by atoms with E-state index in [9.17, 15) is 19.1 Å². The van der Waals surface area contributed by atoms with Crippen LogP contribution < -0.4 is 10.2 Å². The minimum atomic E-state index is -3.24. The first-order chi connectivity index (χ1) is 18.8. The first kappa shape index (κ1) is 27.0. The highest BCUT2D eigenvalue weighted by Gasteiger charge is 2.50. The van der Waals surface area contributed by atoms with Crippen molar-refractivity contribution < 1.29 is 23.8 Å². The average Bonchev–Trinajstić information content (AvgIpc) is 2.94. The third kappa shape index (κ3) is 5.75. The summed E-state index contributed by atoms with van der Waals surface area (Å²) in [5, 5.41) is 10.3. The molecule has 1 aliphatic heterocycles. The Hall–Kier alpha value is -3.54. The van der Waals surface area contributed by atoms with Gasteiger partial charge < -0.3 is 4.74 Å². The van der Waals surface area contributed by atoms with Gasteiger partial charge in [0, 0.05) is 48.7 Å². The summed E-state index contributed by atoms with van der Waals surface area (Å²) < 4.78 is 27.4. The number of aryl methyl sites for hydroxylation is 1. The molecule has 0 bridgehead atoms. The van der Waals surface area contributed by atoms with Crippen LogP contribution >= 0.6 is 10.6 Å². The molecule has 3 heterocycles. The summed E-state index contributed by atoms with van der Waals surface area (Å²) in [6, 6.07) is 20.9. The molecule has 1 atom stereocenters. The Morgan fingerprint density at radius 3 is 2.67 bits per heavy atom. The maximum absolute atomic E-state index is 12.4. The Kier molecular flexibility index (Phi) is 7.83. The van der Waals surface area contributed by atoms with Crippen molar-refractivity contribution in [1.29, 1.82) is 0 Å². The molecule has 10 heteroatoms. The molecule has 1 amide bonds. The van der Waals surface area contributed by atoms with Gasteiger partial charge in [-0.25, -0.2) is 5.48 Å². The SMILES string of the molecule is Cc1cc(COc2ccc(C3(CC(=O)NO)CN(Cc4cccnc4)CCS3(O)O)cc2)c2ccccc2n1. The maximum Gasteiger partial charge on any atom is 0.245 e. The highest BCUT2D eigenvalue weighted by atomic mass is 32.3. The first-order valence-corrected chi connectivity index (χ1v) is 14.4. The second kappa shape index (κ2) is 11.3. The Morgan fingerprint density at radius 2 is 1.92 bits per heavy atom. The normalized spacial score (nSPS) is 19.9. The molecule has 204 valence electrons. The van der Waals surface area contributed by atoms with Gasteiger partial charge in [-0.3, -0.25) is 34.0 Å². The van der Waals surface area contributed by atoms with E-state index in [-0.39, 0.29) is 18.7 Å². The van der Waals surface area contributed by atoms with Gasteiger partial charge in [0.1, 0.15) is 17.1 Å². The van der Waals surface area contributed by atoms with E-state index in [0.29, 0.717) is 31.0 Å². The molecule has 1 saturated heterocycles. The Labute approximate surface area is 228 Å². The molecule has 5 rings (SSSR count). The first-order valence-electron chi connectivity index (χ1n) is 12.7. The van der Waals surface area contributed by atoms with Gasteiger partial charge in [0.15, 0.2) is 0 Å². The summed E-state index contributed by atoms with van der Waals surface area (Å²) in [4.78, 5) is 23.3. The predicted octanol–water partition coefficient (Wildman–Crippen LogP) is 4.87. The van der Waals surface area contributed by atoms with Gasteiger partial charge >= 0.3 is 0 Å². The van der Waals surface area contributed by atoms with Crippen LogP contribution in [0.4, 0.5) is 0 Å². The zero-order chi connectivity index (χ0) is 27.5. The lowest BCUT2D eigenvalue weighted by Crippen LogP contribution is -2.53. The molecule has 9 nitrogen and oxygen atoms in total. The molecule has 4 aromatic rings. The number of hydrogen-bond acceptors (Lipinski definition) is 8. The number of fused-ring (bicyclic) bond motifs is 1. The van der Waals surface area contributed by atoms with Crippen molar-refractivity contribution in [3.63, 3.8) is 0 Å². The third-order valence-corrected chi connectivity index (χ3v) is 9.71. The standard InChI is InChI=1S/C29H32N4O5S/c1-21-15-23(26-6-2-3-7-27(26)31-21)19-38-25-10-8-24(9-11-25)29(16-28(34)32-35)20-33(13-14-39(29,36)37)18-22-5-4-12-30-17-22/h2-12,15,17,35-37H,13-14,16,18-20H2,1H3,(H,32,34). The molecular weight excluding hydrogens is 516 g/mol. The third-order valence-electron chi connectivity index (χ3n) is 7.20. The number of aromatic nitrogens is 2. The number of amides is 1. The van der Waals surface area contributed by atoms with Crippen molar-refractivity contribution in [1.82, 2.24) is 20.3 Å². The quantitative estimate of drug-likeness (QED) is 0.181. The van der Waals surface area contributed by atoms with Crippen LogP contribution in [-0.2, 0) is 22.7 Å². The van der Waals surface area contributed by atoms with Crippen LogP contribution in [0.2, 0.25) is 0 Å². The molecule has 2 aromatic carbocycles. The van der Waals surface area contributed by atoms with Crippen LogP contribution in [0.1, 0.15) is 28.8 Å². The maximum atomic E-state index is 12.4. The van der Waals surface area contributed by atoms with Crippen molar-refractivity contribution in [2.45, 2.75) is 31.2 Å². The molecule has 39 heavy (non-hydrogen) atoms. The molecule has 1 unspecified atom stereocenters. The lowest BCUT2D eigenvalue weighted by molar-refractivity contribution is -0.130. The molecule has 1 aliphatic rings. The van der Waals surface area contributed by atoms with Crippen LogP contribution in [0.25, 0.3) is 10.9 Å². The van der Waals surface area contributed by atoms with E-state index >= 15 is 0 Å². The number of benzene rings is 2. The fourth-order valence-electron chi connectivity index (χ4n) is 5.26. The monoisotopic (exact) mass is 548 g/mol. The van der Waals surface area contributed by atoms with Gasteiger partial charge in [0.25, 0.3) is 0 Å². The van der Waals surface area contributed by atoms with Gasteiger partial charge in [-0.05, 0) is 48.4 Å². The van der Waals surface area contributed by atoms with Crippen molar-refractivity contribution in [2.75, 3.05) is 18.8 Å². The van der Waals surface area contributed by atoms with E-state index in [4.69, 9.17) is 4.74 Å². The summed E-state index contributed by atoms with van der Waals surface area (Å²) in [6.07, 6.45) is 3.19. The minimum absolute atomic E-state index is 0.110. The number of rotatable bonds is 8. The lowest BCUT2D eigenvalue weighted by atomic mass is 9.92. The number of carbonyl (C=O) groups is 1. The molecule has 0 saturated carbocycles. The van der Waals surface area contributed by atoms with Crippen molar-refractivity contribution in [2.24, 2.45) is 0 Å². The second-order valence-corrected chi connectivity index (χ2v) is 12.4. The zero-order valence-corrected chi connectivity index (χ0v) is 22.5. The van der Waals surface area contributed by atoms with Crippen molar-refractivity contribution in [3.8, 4) is 5.75 Å². The Morgan fingerprint density at radius 1 is 1.13 bits per heavy atom. The molecule has 1 fully saturated rings. The van der Waals surface area contributed by atoms with Crippen LogP contribution in [0.5, 0.6) is 5.75 Å². The summed E-state index contributed by atoms with van der Waals surface area (Å²) in [5.74, 6) is 0.0376. The second-order valence-electron chi connectivity index (χ2n) is 9.90. The van der Waals surface area contributed by atoms with Gasteiger partial charge in [-0.1, -0.05) is 36.4 Å². The van der Waals surface area contributed by atoms with Gasteiger partial charge in [-0.2, -0.15) is 10.6 Å². The number of hydrogen-bond donors (Lipinski definition) is 4. The number of ether oxygens (including phenoxy) is 1. The Balaban J connectivity index is 1.41. The van der Waals surface area contributed by atoms with Gasteiger partial charge in [0.05, 0.1) is 17.7 Å². The van der Waals surface area contributed by atoms with Crippen LogP contribution in [-0.4, -0.2) is 53.9 Å². The fraction of sp³-hybridized carbons (Fsp3) is 0.276. The number of nitrogens with zero attached hydrogens (tertiary/aromatic N) is 3. The van der Waals surface area contributed by atoms with E-state index in [1.165, 1.54) is 0 Å². The predicted molar refractivity (Wildman–Crippen MR) is 151 cm³/mol. The summed E-state index contributed by atoms with van der Waals surface area (Å²) >= 11 is 0. The molecule has 0 aliphatic carbocycles. The van der Waals surface area contributed by atoms with Crippen LogP contribution in [0.3, 0.4) is 0 Å². The topological polar surface area (TPSA) is 128 Å². The Bertz CT molecular complexity index is 1450. The smallest absolute Gasteiger partial charge is 0.245 e. The number of hydroxylamine groups is 1. The molecule has 4 N–H and O–H groups in total. The highest BCUT2D eigenvalue weighted by Crippen LogP contribution is 2.62. The molecule has 2 aromatic heterocycles. The molecular formula is C29H32N4O5S. The van der Waals surface area contributed by atoms with Crippen LogP contribution in [0, 0.1) is 6.92 Å². The number of nitrogens with one attached hydrogen (secondary N) is 1. The highest BCUT2D eigenvalue weighted by molar-refractivity contribution is 8.25. The zero-order valence-electron chi connectivity index (χ0n) is 21.7. The van der Waals surface area contributed by atoms with Crippen molar-refractivity contribution >= 4 is 27.4 Å². The number of para-hydroxylation sites is 1. The lowest BCUT2D eigenvalue weighted by Gasteiger charge is -2.56.